The summed E-state index contributed by atoms with van der Waals surface area (Å²) in [7, 11) is 0. The lowest BCUT2D eigenvalue weighted by atomic mass is 9.80. The van der Waals surface area contributed by atoms with Crippen LogP contribution >= 0.6 is 0 Å². The maximum absolute atomic E-state index is 11.9. The number of aliphatic carboxylic acids is 1. The van der Waals surface area contributed by atoms with Crippen LogP contribution in [0.2, 0.25) is 0 Å². The molecule has 1 N–H and O–H groups in total. The van der Waals surface area contributed by atoms with Gasteiger partial charge >= 0.3 is 5.97 Å². The van der Waals surface area contributed by atoms with E-state index in [1.165, 1.54) is 0 Å². The van der Waals surface area contributed by atoms with Gasteiger partial charge in [-0.15, -0.1) is 0 Å². The minimum atomic E-state index is -0.758. The van der Waals surface area contributed by atoms with Crippen molar-refractivity contribution in [2.75, 3.05) is 19.6 Å². The van der Waals surface area contributed by atoms with Crippen LogP contribution in [0.4, 0.5) is 0 Å². The van der Waals surface area contributed by atoms with Gasteiger partial charge in [-0.2, -0.15) is 0 Å². The van der Waals surface area contributed by atoms with Gasteiger partial charge in [-0.25, -0.2) is 0 Å². The Morgan fingerprint density at radius 2 is 2.05 bits per heavy atom. The minimum absolute atomic E-state index is 0.588. The molecule has 1 atom stereocenters. The molecule has 1 saturated heterocycles. The molecule has 0 spiro atoms. The summed E-state index contributed by atoms with van der Waals surface area (Å²) in [6.07, 6.45) is 4.25. The standard InChI is InChI=1S/C18H21NO3/c20-17(21)18(15-6-2-1-3-7-15)10-12-19(14-18)11-4-8-16-9-5-13-22-16/h1-3,5-7,9,13H,4,8,10-12,14H2,(H,20,21)/t18-/m1/s1. The monoisotopic (exact) mass is 299 g/mol. The third-order valence-corrected chi connectivity index (χ3v) is 4.56. The Hall–Kier alpha value is -2.07. The second-order valence-electron chi connectivity index (χ2n) is 5.96. The summed E-state index contributed by atoms with van der Waals surface area (Å²) >= 11 is 0. The molecule has 1 aromatic carbocycles. The summed E-state index contributed by atoms with van der Waals surface area (Å²) in [5.41, 5.74) is 0.155. The lowest BCUT2D eigenvalue weighted by Crippen LogP contribution is -2.39. The number of benzene rings is 1. The number of aryl methyl sites for hydroxylation is 1. The highest BCUT2D eigenvalue weighted by atomic mass is 16.4. The fraction of sp³-hybridized carbons (Fsp3) is 0.389. The summed E-state index contributed by atoms with van der Waals surface area (Å²) < 4.78 is 5.33. The van der Waals surface area contributed by atoms with Crippen LogP contribution < -0.4 is 0 Å². The highest BCUT2D eigenvalue weighted by molar-refractivity contribution is 5.82. The SMILES string of the molecule is O=C(O)[C@]1(c2ccccc2)CCN(CCCc2ccco2)C1. The molecule has 3 rings (SSSR count). The summed E-state index contributed by atoms with van der Waals surface area (Å²) in [6.45, 7) is 2.33. The number of nitrogens with zero attached hydrogens (tertiary/aromatic N) is 1. The van der Waals surface area contributed by atoms with E-state index in [1.807, 2.05) is 42.5 Å². The molecule has 0 unspecified atom stereocenters. The second kappa shape index (κ2) is 6.36. The van der Waals surface area contributed by atoms with Crippen molar-refractivity contribution >= 4 is 5.97 Å². The Balaban J connectivity index is 1.62. The molecule has 1 fully saturated rings. The minimum Gasteiger partial charge on any atom is -0.481 e. The number of rotatable bonds is 6. The van der Waals surface area contributed by atoms with Crippen LogP contribution in [0.1, 0.15) is 24.2 Å². The van der Waals surface area contributed by atoms with E-state index in [-0.39, 0.29) is 0 Å². The molecule has 0 aliphatic carbocycles. The lowest BCUT2D eigenvalue weighted by Gasteiger charge is -2.25. The normalized spacial score (nSPS) is 22.0. The molecule has 4 heteroatoms. The molecule has 2 heterocycles. The Morgan fingerprint density at radius 3 is 2.73 bits per heavy atom. The van der Waals surface area contributed by atoms with Crippen LogP contribution in [0.5, 0.6) is 0 Å². The molecular formula is C18H21NO3. The molecule has 4 nitrogen and oxygen atoms in total. The summed E-state index contributed by atoms with van der Waals surface area (Å²) in [5, 5.41) is 9.77. The molecule has 116 valence electrons. The van der Waals surface area contributed by atoms with Gasteiger partial charge in [-0.05, 0) is 43.6 Å². The Labute approximate surface area is 130 Å². The Morgan fingerprint density at radius 1 is 1.23 bits per heavy atom. The second-order valence-corrected chi connectivity index (χ2v) is 5.96. The van der Waals surface area contributed by atoms with Gasteiger partial charge in [0.25, 0.3) is 0 Å². The molecule has 2 aromatic rings. The van der Waals surface area contributed by atoms with Crippen molar-refractivity contribution in [3.63, 3.8) is 0 Å². The van der Waals surface area contributed by atoms with E-state index in [4.69, 9.17) is 4.42 Å². The van der Waals surface area contributed by atoms with Gasteiger partial charge in [0.05, 0.1) is 6.26 Å². The first kappa shape index (κ1) is 14.9. The molecule has 1 aliphatic heterocycles. The van der Waals surface area contributed by atoms with Crippen LogP contribution in [0, 0.1) is 0 Å². The van der Waals surface area contributed by atoms with Crippen LogP contribution in [0.3, 0.4) is 0 Å². The zero-order chi connectivity index (χ0) is 15.4. The summed E-state index contributed by atoms with van der Waals surface area (Å²) in [4.78, 5) is 14.1. The fourth-order valence-electron chi connectivity index (χ4n) is 3.30. The fourth-order valence-corrected chi connectivity index (χ4v) is 3.30. The van der Waals surface area contributed by atoms with E-state index >= 15 is 0 Å². The predicted octanol–water partition coefficient (Wildman–Crippen LogP) is 2.94. The molecule has 0 radical (unpaired) electrons. The number of furan rings is 1. The van der Waals surface area contributed by atoms with Crippen molar-refractivity contribution in [2.24, 2.45) is 0 Å². The highest BCUT2D eigenvalue weighted by Crippen LogP contribution is 2.35. The number of carbonyl (C=O) groups is 1. The van der Waals surface area contributed by atoms with Crippen LogP contribution in [-0.4, -0.2) is 35.6 Å². The summed E-state index contributed by atoms with van der Waals surface area (Å²) in [6, 6.07) is 13.5. The van der Waals surface area contributed by atoms with Crippen LogP contribution in [0.25, 0.3) is 0 Å². The van der Waals surface area contributed by atoms with Gasteiger partial charge in [-0.3, -0.25) is 4.79 Å². The molecule has 22 heavy (non-hydrogen) atoms. The van der Waals surface area contributed by atoms with Crippen molar-refractivity contribution in [3.8, 4) is 0 Å². The Bertz CT molecular complexity index is 609. The third kappa shape index (κ3) is 2.92. The number of hydrogen-bond acceptors (Lipinski definition) is 3. The average Bonchev–Trinajstić information content (AvgIpc) is 3.18. The lowest BCUT2D eigenvalue weighted by molar-refractivity contribution is -0.143. The first-order chi connectivity index (χ1) is 10.7. The van der Waals surface area contributed by atoms with E-state index in [0.717, 1.165) is 37.3 Å². The van der Waals surface area contributed by atoms with E-state index in [9.17, 15) is 9.90 Å². The van der Waals surface area contributed by atoms with Crippen molar-refractivity contribution < 1.29 is 14.3 Å². The van der Waals surface area contributed by atoms with Gasteiger partial charge in [0.2, 0.25) is 0 Å². The van der Waals surface area contributed by atoms with Gasteiger partial charge in [0, 0.05) is 13.0 Å². The zero-order valence-electron chi connectivity index (χ0n) is 12.6. The van der Waals surface area contributed by atoms with Gasteiger partial charge in [0.15, 0.2) is 0 Å². The zero-order valence-corrected chi connectivity index (χ0v) is 12.6. The smallest absolute Gasteiger partial charge is 0.315 e. The number of hydrogen-bond donors (Lipinski definition) is 1. The van der Waals surface area contributed by atoms with Crippen molar-refractivity contribution in [1.82, 2.24) is 4.90 Å². The predicted molar refractivity (Wildman–Crippen MR) is 83.8 cm³/mol. The largest absolute Gasteiger partial charge is 0.481 e. The highest BCUT2D eigenvalue weighted by Gasteiger charge is 2.45. The number of carboxylic acids is 1. The average molecular weight is 299 g/mol. The summed E-state index contributed by atoms with van der Waals surface area (Å²) in [5.74, 6) is 0.277. The first-order valence-electron chi connectivity index (χ1n) is 7.74. The first-order valence-corrected chi connectivity index (χ1v) is 7.74. The molecule has 1 aromatic heterocycles. The van der Waals surface area contributed by atoms with Gasteiger partial charge in [0.1, 0.15) is 11.2 Å². The molecule has 0 saturated carbocycles. The van der Waals surface area contributed by atoms with Crippen LogP contribution in [0.15, 0.2) is 53.1 Å². The topological polar surface area (TPSA) is 53.7 Å². The van der Waals surface area contributed by atoms with E-state index in [1.54, 1.807) is 6.26 Å². The molecule has 0 amide bonds. The van der Waals surface area contributed by atoms with Crippen molar-refractivity contribution in [2.45, 2.75) is 24.7 Å². The van der Waals surface area contributed by atoms with Crippen molar-refractivity contribution in [1.29, 1.82) is 0 Å². The van der Waals surface area contributed by atoms with E-state index < -0.39 is 11.4 Å². The van der Waals surface area contributed by atoms with Gasteiger partial charge < -0.3 is 14.4 Å². The maximum Gasteiger partial charge on any atom is 0.315 e. The van der Waals surface area contributed by atoms with Crippen LogP contribution in [-0.2, 0) is 16.6 Å². The van der Waals surface area contributed by atoms with Crippen molar-refractivity contribution in [3.05, 3.63) is 60.1 Å². The van der Waals surface area contributed by atoms with E-state index in [0.29, 0.717) is 13.0 Å². The Kier molecular flexibility index (Phi) is 4.29. The molecule has 0 bridgehead atoms. The number of carboxylic acid groups (broad SMARTS) is 1. The maximum atomic E-state index is 11.9. The molecular weight excluding hydrogens is 278 g/mol. The molecule has 1 aliphatic rings. The third-order valence-electron chi connectivity index (χ3n) is 4.56. The quantitative estimate of drug-likeness (QED) is 0.891. The van der Waals surface area contributed by atoms with Gasteiger partial charge in [-0.1, -0.05) is 30.3 Å². The van der Waals surface area contributed by atoms with E-state index in [2.05, 4.69) is 4.90 Å². The number of likely N-dealkylation sites (tertiary alicyclic amines) is 1.